The Morgan fingerprint density at radius 1 is 0.927 bits per heavy atom. The van der Waals surface area contributed by atoms with Crippen LogP contribution >= 0.6 is 23.2 Å². The number of phenols is 1. The van der Waals surface area contributed by atoms with E-state index in [4.69, 9.17) is 42.1 Å². The van der Waals surface area contributed by atoms with Crippen LogP contribution in [0.4, 0.5) is 0 Å². The SMILES string of the molecule is COCCOCCOCCOCCN(Cc1ccc(C(C)(C)C)cc1)C(=O)c1ncn(-c2cc(Cl)c(O)c(Cl)c2)n1. The number of carbonyl (C=O) groups excluding carboxylic acids is 1. The number of ether oxygens (including phenoxy) is 4. The first-order chi connectivity index (χ1) is 19.6. The molecule has 1 aromatic heterocycles. The van der Waals surface area contributed by atoms with Crippen LogP contribution in [0.25, 0.3) is 5.69 Å². The van der Waals surface area contributed by atoms with Gasteiger partial charge in [-0.1, -0.05) is 68.2 Å². The van der Waals surface area contributed by atoms with Gasteiger partial charge in [-0.15, -0.1) is 5.10 Å². The zero-order valence-electron chi connectivity index (χ0n) is 23.9. The number of carbonyl (C=O) groups is 1. The first kappa shape index (κ1) is 32.8. The van der Waals surface area contributed by atoms with E-state index < -0.39 is 0 Å². The molecule has 224 valence electrons. The lowest BCUT2D eigenvalue weighted by atomic mass is 9.87. The number of hydrogen-bond donors (Lipinski definition) is 1. The zero-order chi connectivity index (χ0) is 29.8. The van der Waals surface area contributed by atoms with E-state index >= 15 is 0 Å². The van der Waals surface area contributed by atoms with E-state index in [9.17, 15) is 9.90 Å². The Hall–Kier alpha value is -2.73. The fourth-order valence-corrected chi connectivity index (χ4v) is 4.23. The molecular weight excluding hydrogens is 571 g/mol. The van der Waals surface area contributed by atoms with Crippen molar-refractivity contribution in [1.29, 1.82) is 0 Å². The van der Waals surface area contributed by atoms with Crippen LogP contribution in [-0.4, -0.2) is 90.6 Å². The first-order valence-corrected chi connectivity index (χ1v) is 14.1. The lowest BCUT2D eigenvalue weighted by molar-refractivity contribution is 0.00100. The molecule has 0 bridgehead atoms. The first-order valence-electron chi connectivity index (χ1n) is 13.3. The van der Waals surface area contributed by atoms with Crippen molar-refractivity contribution in [3.8, 4) is 11.4 Å². The van der Waals surface area contributed by atoms with Gasteiger partial charge in [-0.3, -0.25) is 4.79 Å². The van der Waals surface area contributed by atoms with Crippen molar-refractivity contribution in [1.82, 2.24) is 19.7 Å². The molecule has 0 radical (unpaired) electrons. The Labute approximate surface area is 251 Å². The summed E-state index contributed by atoms with van der Waals surface area (Å²) in [6, 6.07) is 11.2. The van der Waals surface area contributed by atoms with E-state index in [1.165, 1.54) is 28.7 Å². The minimum absolute atomic E-state index is 0.00781. The van der Waals surface area contributed by atoms with Crippen molar-refractivity contribution >= 4 is 29.1 Å². The van der Waals surface area contributed by atoms with Crippen molar-refractivity contribution in [2.45, 2.75) is 32.7 Å². The van der Waals surface area contributed by atoms with Crippen LogP contribution in [0.1, 0.15) is 42.5 Å². The summed E-state index contributed by atoms with van der Waals surface area (Å²) in [4.78, 5) is 19.4. The average Bonchev–Trinajstić information content (AvgIpc) is 3.43. The van der Waals surface area contributed by atoms with Crippen molar-refractivity contribution in [2.24, 2.45) is 0 Å². The summed E-state index contributed by atoms with van der Waals surface area (Å²) in [6.45, 7) is 10.3. The van der Waals surface area contributed by atoms with Crippen LogP contribution in [0.2, 0.25) is 10.0 Å². The molecular formula is C29H38Cl2N4O6. The molecule has 0 fully saturated rings. The Balaban J connectivity index is 1.63. The maximum absolute atomic E-state index is 13.5. The second kappa shape index (κ2) is 16.1. The molecule has 2 aromatic carbocycles. The minimum atomic E-state index is -0.354. The van der Waals surface area contributed by atoms with Gasteiger partial charge in [0, 0.05) is 20.2 Å². The molecule has 3 aromatic rings. The van der Waals surface area contributed by atoms with Crippen LogP contribution in [0.15, 0.2) is 42.7 Å². The van der Waals surface area contributed by atoms with Crippen LogP contribution in [-0.2, 0) is 30.9 Å². The molecule has 10 nitrogen and oxygen atoms in total. The Morgan fingerprint density at radius 3 is 2.05 bits per heavy atom. The third kappa shape index (κ3) is 10.2. The standard InChI is InChI=1S/C29H38Cl2N4O6/c1-29(2,3)22-7-5-21(6-8-22)19-34(9-10-39-13-14-41-16-15-40-12-11-38-4)28(37)27-32-20-35(33-27)23-17-24(30)26(36)25(31)18-23/h5-8,17-18,20,36H,9-16,19H2,1-4H3. The highest BCUT2D eigenvalue weighted by molar-refractivity contribution is 6.37. The average molecular weight is 610 g/mol. The summed E-state index contributed by atoms with van der Waals surface area (Å²) in [5.74, 6) is -0.570. The zero-order valence-corrected chi connectivity index (χ0v) is 25.5. The summed E-state index contributed by atoms with van der Waals surface area (Å²) in [6.07, 6.45) is 1.40. The number of rotatable bonds is 16. The third-order valence-corrected chi connectivity index (χ3v) is 6.69. The predicted molar refractivity (Wildman–Crippen MR) is 157 cm³/mol. The Kier molecular flexibility index (Phi) is 12.8. The van der Waals surface area contributed by atoms with Gasteiger partial charge in [0.1, 0.15) is 6.33 Å². The molecule has 0 aliphatic carbocycles. The molecule has 1 heterocycles. The molecule has 0 aliphatic rings. The summed E-state index contributed by atoms with van der Waals surface area (Å²) < 4.78 is 22.9. The summed E-state index contributed by atoms with van der Waals surface area (Å²) in [5, 5.41) is 14.3. The topological polar surface area (TPSA) is 108 Å². The second-order valence-electron chi connectivity index (χ2n) is 10.3. The number of nitrogens with zero attached hydrogens (tertiary/aromatic N) is 4. The van der Waals surface area contributed by atoms with Gasteiger partial charge >= 0.3 is 0 Å². The number of halogens is 2. The lowest BCUT2D eigenvalue weighted by Crippen LogP contribution is -2.34. The monoisotopic (exact) mass is 608 g/mol. The largest absolute Gasteiger partial charge is 0.505 e. The van der Waals surface area contributed by atoms with Gasteiger partial charge in [0.05, 0.1) is 62.0 Å². The minimum Gasteiger partial charge on any atom is -0.505 e. The highest BCUT2D eigenvalue weighted by Crippen LogP contribution is 2.33. The second-order valence-corrected chi connectivity index (χ2v) is 11.1. The molecule has 0 spiro atoms. The third-order valence-electron chi connectivity index (χ3n) is 6.11. The number of aromatic nitrogens is 3. The molecule has 0 atom stereocenters. The summed E-state index contributed by atoms with van der Waals surface area (Å²) in [7, 11) is 1.63. The Bertz CT molecular complexity index is 1220. The highest BCUT2D eigenvalue weighted by atomic mass is 35.5. The van der Waals surface area contributed by atoms with Crippen LogP contribution < -0.4 is 0 Å². The molecule has 1 amide bonds. The van der Waals surface area contributed by atoms with E-state index in [1.807, 2.05) is 12.1 Å². The van der Waals surface area contributed by atoms with Crippen molar-refractivity contribution in [3.05, 3.63) is 69.7 Å². The van der Waals surface area contributed by atoms with Crippen LogP contribution in [0.3, 0.4) is 0 Å². The number of aromatic hydroxyl groups is 1. The van der Waals surface area contributed by atoms with Gasteiger partial charge in [0.25, 0.3) is 5.91 Å². The fraction of sp³-hybridized carbons (Fsp3) is 0.483. The Morgan fingerprint density at radius 2 is 1.49 bits per heavy atom. The van der Waals surface area contributed by atoms with Crippen molar-refractivity contribution in [2.75, 3.05) is 59.9 Å². The molecule has 0 unspecified atom stereocenters. The van der Waals surface area contributed by atoms with Gasteiger partial charge in [0.15, 0.2) is 5.75 Å². The van der Waals surface area contributed by atoms with Crippen molar-refractivity contribution < 1.29 is 28.8 Å². The number of benzene rings is 2. The number of methoxy groups -OCH3 is 1. The van der Waals surface area contributed by atoms with Gasteiger partial charge in [-0.25, -0.2) is 9.67 Å². The molecule has 1 N–H and O–H groups in total. The van der Waals surface area contributed by atoms with Gasteiger partial charge in [0.2, 0.25) is 5.82 Å². The van der Waals surface area contributed by atoms with Crippen LogP contribution in [0.5, 0.6) is 5.75 Å². The highest BCUT2D eigenvalue weighted by Gasteiger charge is 2.22. The van der Waals surface area contributed by atoms with Gasteiger partial charge in [-0.2, -0.15) is 0 Å². The molecule has 0 saturated carbocycles. The molecule has 3 rings (SSSR count). The quantitative estimate of drug-likeness (QED) is 0.228. The smallest absolute Gasteiger partial charge is 0.293 e. The molecule has 0 saturated heterocycles. The molecule has 12 heteroatoms. The number of amides is 1. The van der Waals surface area contributed by atoms with Crippen LogP contribution in [0, 0.1) is 0 Å². The fourth-order valence-electron chi connectivity index (χ4n) is 3.75. The number of hydrogen-bond acceptors (Lipinski definition) is 8. The van der Waals surface area contributed by atoms with E-state index in [0.717, 1.165) is 5.56 Å². The molecule has 41 heavy (non-hydrogen) atoms. The van der Waals surface area contributed by atoms with Gasteiger partial charge in [-0.05, 0) is 28.7 Å². The lowest BCUT2D eigenvalue weighted by Gasteiger charge is -2.23. The van der Waals surface area contributed by atoms with E-state index in [1.54, 1.807) is 12.0 Å². The normalized spacial score (nSPS) is 11.7. The van der Waals surface area contributed by atoms with E-state index in [0.29, 0.717) is 65.0 Å². The maximum atomic E-state index is 13.5. The summed E-state index contributed by atoms with van der Waals surface area (Å²) >= 11 is 12.1. The van der Waals surface area contributed by atoms with E-state index in [-0.39, 0.29) is 32.9 Å². The van der Waals surface area contributed by atoms with E-state index in [2.05, 4.69) is 43.0 Å². The van der Waals surface area contributed by atoms with Crippen molar-refractivity contribution in [3.63, 3.8) is 0 Å². The maximum Gasteiger partial charge on any atom is 0.293 e. The summed E-state index contributed by atoms with van der Waals surface area (Å²) in [5.41, 5.74) is 2.66. The van der Waals surface area contributed by atoms with Gasteiger partial charge < -0.3 is 29.0 Å². The molecule has 0 aliphatic heterocycles. The number of phenolic OH excluding ortho intramolecular Hbond substituents is 1. The predicted octanol–water partition coefficient (Wildman–Crippen LogP) is 4.92.